The summed E-state index contributed by atoms with van der Waals surface area (Å²) in [6.07, 6.45) is 11.8. The van der Waals surface area contributed by atoms with Crippen LogP contribution in [-0.4, -0.2) is 11.1 Å². The molecule has 1 N–H and O–H groups in total. The molecule has 0 saturated heterocycles. The molecule has 2 rings (SSSR count). The van der Waals surface area contributed by atoms with Gasteiger partial charge in [0.25, 0.3) is 0 Å². The van der Waals surface area contributed by atoms with E-state index < -0.39 is 5.97 Å². The van der Waals surface area contributed by atoms with Crippen LogP contribution in [0.25, 0.3) is 12.2 Å². The summed E-state index contributed by atoms with van der Waals surface area (Å²) in [7, 11) is 0. The van der Waals surface area contributed by atoms with Crippen molar-refractivity contribution in [3.8, 4) is 0 Å². The second-order valence-corrected chi connectivity index (χ2v) is 4.44. The first kappa shape index (κ1) is 14.5. The van der Waals surface area contributed by atoms with Crippen molar-refractivity contribution in [2.45, 2.75) is 0 Å². The van der Waals surface area contributed by atoms with Gasteiger partial charge in [0, 0.05) is 0 Å². The summed E-state index contributed by atoms with van der Waals surface area (Å²) in [5, 5.41) is 8.81. The lowest BCUT2D eigenvalue weighted by Gasteiger charge is -1.94. The average Bonchev–Trinajstić information content (AvgIpc) is 2.52. The molecule has 0 atom stereocenters. The van der Waals surface area contributed by atoms with Gasteiger partial charge in [-0.1, -0.05) is 78.9 Å². The molecule has 21 heavy (non-hydrogen) atoms. The van der Waals surface area contributed by atoms with Gasteiger partial charge in [0.1, 0.15) is 0 Å². The van der Waals surface area contributed by atoms with E-state index in [1.807, 2.05) is 66.8 Å². The lowest BCUT2D eigenvalue weighted by atomic mass is 10.1. The maximum atomic E-state index is 10.7. The summed E-state index contributed by atoms with van der Waals surface area (Å²) in [5.41, 5.74) is 2.43. The van der Waals surface area contributed by atoms with Crippen molar-refractivity contribution in [1.29, 1.82) is 0 Å². The summed E-state index contributed by atoms with van der Waals surface area (Å²) in [6, 6.07) is 16.9. The van der Waals surface area contributed by atoms with Crippen LogP contribution in [0.4, 0.5) is 0 Å². The van der Waals surface area contributed by atoms with Crippen LogP contribution in [0.15, 0.2) is 78.9 Å². The van der Waals surface area contributed by atoms with Gasteiger partial charge in [-0.15, -0.1) is 0 Å². The van der Waals surface area contributed by atoms with Crippen LogP contribution >= 0.6 is 0 Å². The third kappa shape index (κ3) is 4.96. The topological polar surface area (TPSA) is 37.3 Å². The maximum absolute atomic E-state index is 10.7. The molecule has 0 bridgehead atoms. The standard InChI is InChI=1S/C19H16O2/c20-19(21)18-14-12-17(13-15-18)11-5-2-1-4-8-16-9-6-3-7-10-16/h1-15H,(H,20,21)/b2-1+,8-4+,11-5+. The molecule has 0 amide bonds. The van der Waals surface area contributed by atoms with Crippen molar-refractivity contribution < 1.29 is 9.90 Å². The normalized spacial score (nSPS) is 11.6. The van der Waals surface area contributed by atoms with E-state index in [0.717, 1.165) is 11.1 Å². The third-order valence-electron chi connectivity index (χ3n) is 2.87. The van der Waals surface area contributed by atoms with Gasteiger partial charge >= 0.3 is 5.97 Å². The van der Waals surface area contributed by atoms with E-state index in [1.165, 1.54) is 0 Å². The summed E-state index contributed by atoms with van der Waals surface area (Å²) in [6.45, 7) is 0. The first-order valence-corrected chi connectivity index (χ1v) is 6.65. The van der Waals surface area contributed by atoms with E-state index in [4.69, 9.17) is 5.11 Å². The number of hydrogen-bond acceptors (Lipinski definition) is 1. The Hall–Kier alpha value is -2.87. The summed E-state index contributed by atoms with van der Waals surface area (Å²) in [4.78, 5) is 10.7. The quantitative estimate of drug-likeness (QED) is 0.806. The molecule has 0 aliphatic rings. The molecule has 2 heteroatoms. The zero-order valence-electron chi connectivity index (χ0n) is 11.5. The molecule has 0 aliphatic carbocycles. The van der Waals surface area contributed by atoms with Crippen LogP contribution in [0.5, 0.6) is 0 Å². The molecule has 2 nitrogen and oxygen atoms in total. The molecule has 0 spiro atoms. The Balaban J connectivity index is 1.88. The minimum absolute atomic E-state index is 0.300. The second-order valence-electron chi connectivity index (χ2n) is 4.44. The number of benzene rings is 2. The predicted octanol–water partition coefficient (Wildman–Crippen LogP) is 4.67. The fourth-order valence-electron chi connectivity index (χ4n) is 1.76. The zero-order valence-corrected chi connectivity index (χ0v) is 11.5. The zero-order chi connectivity index (χ0) is 14.9. The van der Waals surface area contributed by atoms with Gasteiger partial charge in [0.05, 0.1) is 5.56 Å². The highest BCUT2D eigenvalue weighted by atomic mass is 16.4. The fraction of sp³-hybridized carbons (Fsp3) is 0. The van der Waals surface area contributed by atoms with Crippen molar-refractivity contribution in [2.75, 3.05) is 0 Å². The average molecular weight is 276 g/mol. The molecule has 0 heterocycles. The molecule has 2 aromatic carbocycles. The second kappa shape index (κ2) is 7.65. The van der Waals surface area contributed by atoms with Crippen molar-refractivity contribution in [1.82, 2.24) is 0 Å². The van der Waals surface area contributed by atoms with Gasteiger partial charge < -0.3 is 5.11 Å². The smallest absolute Gasteiger partial charge is 0.335 e. The van der Waals surface area contributed by atoms with E-state index in [2.05, 4.69) is 0 Å². The Labute approximate surface area is 124 Å². The van der Waals surface area contributed by atoms with E-state index >= 15 is 0 Å². The molecular weight excluding hydrogens is 260 g/mol. The first-order chi connectivity index (χ1) is 10.3. The molecule has 0 fully saturated rings. The van der Waals surface area contributed by atoms with Gasteiger partial charge in [-0.25, -0.2) is 4.79 Å². The van der Waals surface area contributed by atoms with Crippen LogP contribution in [0.3, 0.4) is 0 Å². The summed E-state index contributed by atoms with van der Waals surface area (Å²) < 4.78 is 0. The highest BCUT2D eigenvalue weighted by Gasteiger charge is 1.99. The minimum Gasteiger partial charge on any atom is -0.478 e. The van der Waals surface area contributed by atoms with E-state index in [1.54, 1.807) is 24.3 Å². The number of allylic oxidation sites excluding steroid dienone is 4. The van der Waals surface area contributed by atoms with Crippen molar-refractivity contribution in [2.24, 2.45) is 0 Å². The Kier molecular flexibility index (Phi) is 5.30. The largest absolute Gasteiger partial charge is 0.478 e. The lowest BCUT2D eigenvalue weighted by molar-refractivity contribution is 0.0697. The Morgan fingerprint density at radius 2 is 1.24 bits per heavy atom. The minimum atomic E-state index is -0.906. The van der Waals surface area contributed by atoms with Crippen molar-refractivity contribution >= 4 is 18.1 Å². The van der Waals surface area contributed by atoms with Gasteiger partial charge in [-0.2, -0.15) is 0 Å². The molecule has 0 radical (unpaired) electrons. The first-order valence-electron chi connectivity index (χ1n) is 6.65. The number of carboxylic acids is 1. The maximum Gasteiger partial charge on any atom is 0.335 e. The molecule has 104 valence electrons. The van der Waals surface area contributed by atoms with Crippen LogP contribution < -0.4 is 0 Å². The number of rotatable bonds is 5. The van der Waals surface area contributed by atoms with Crippen molar-refractivity contribution in [3.63, 3.8) is 0 Å². The van der Waals surface area contributed by atoms with Gasteiger partial charge in [-0.3, -0.25) is 0 Å². The van der Waals surface area contributed by atoms with Gasteiger partial charge in [0.2, 0.25) is 0 Å². The fourth-order valence-corrected chi connectivity index (χ4v) is 1.76. The van der Waals surface area contributed by atoms with Gasteiger partial charge in [0.15, 0.2) is 0 Å². The molecule has 2 aromatic rings. The predicted molar refractivity (Wildman–Crippen MR) is 87.1 cm³/mol. The monoisotopic (exact) mass is 276 g/mol. The Morgan fingerprint density at radius 1 is 0.714 bits per heavy atom. The van der Waals surface area contributed by atoms with Crippen LogP contribution in [0.1, 0.15) is 21.5 Å². The van der Waals surface area contributed by atoms with Gasteiger partial charge in [-0.05, 0) is 23.3 Å². The summed E-state index contributed by atoms with van der Waals surface area (Å²) in [5.74, 6) is -0.906. The lowest BCUT2D eigenvalue weighted by Crippen LogP contribution is -1.94. The Morgan fingerprint density at radius 3 is 1.76 bits per heavy atom. The SMILES string of the molecule is O=C(O)c1ccc(/C=C/C=C/C=C/c2ccccc2)cc1. The van der Waals surface area contributed by atoms with Crippen LogP contribution in [0, 0.1) is 0 Å². The number of aromatic carboxylic acids is 1. The molecule has 0 unspecified atom stereocenters. The van der Waals surface area contributed by atoms with Crippen LogP contribution in [0.2, 0.25) is 0 Å². The molecule has 0 aliphatic heterocycles. The number of carbonyl (C=O) groups is 1. The highest BCUT2D eigenvalue weighted by Crippen LogP contribution is 2.06. The number of carboxylic acid groups (broad SMARTS) is 1. The van der Waals surface area contributed by atoms with Crippen molar-refractivity contribution in [3.05, 3.63) is 95.6 Å². The third-order valence-corrected chi connectivity index (χ3v) is 2.87. The Bertz CT molecular complexity index is 662. The summed E-state index contributed by atoms with van der Waals surface area (Å²) >= 11 is 0. The molecule has 0 aromatic heterocycles. The van der Waals surface area contributed by atoms with E-state index in [9.17, 15) is 4.79 Å². The van der Waals surface area contributed by atoms with Crippen LogP contribution in [-0.2, 0) is 0 Å². The van der Waals surface area contributed by atoms with E-state index in [0.29, 0.717) is 5.56 Å². The van der Waals surface area contributed by atoms with E-state index in [-0.39, 0.29) is 0 Å². The molecule has 0 saturated carbocycles. The highest BCUT2D eigenvalue weighted by molar-refractivity contribution is 5.87. The molecular formula is C19H16O2. The number of hydrogen-bond donors (Lipinski definition) is 1.